The summed E-state index contributed by atoms with van der Waals surface area (Å²) >= 11 is 0. The van der Waals surface area contributed by atoms with Crippen molar-refractivity contribution in [2.45, 2.75) is 83.6 Å². The number of para-hydroxylation sites is 1. The number of phenols is 2. The third-order valence-electron chi connectivity index (χ3n) is 12.9. The van der Waals surface area contributed by atoms with Crippen LogP contribution in [0, 0.1) is 0 Å². The number of benzene rings is 7. The van der Waals surface area contributed by atoms with Gasteiger partial charge in [0.2, 0.25) is 0 Å². The molecule has 61 heavy (non-hydrogen) atoms. The Labute approximate surface area is 363 Å². The molecule has 0 radical (unpaired) electrons. The van der Waals surface area contributed by atoms with Crippen molar-refractivity contribution >= 4 is 18.1 Å². The van der Waals surface area contributed by atoms with Crippen molar-refractivity contribution in [2.75, 3.05) is 0 Å². The summed E-state index contributed by atoms with van der Waals surface area (Å²) in [6, 6.07) is 58.1. The molecule has 0 fully saturated rings. The van der Waals surface area contributed by atoms with Gasteiger partial charge in [0, 0.05) is 56.3 Å². The maximum atomic E-state index is 12.1. The van der Waals surface area contributed by atoms with Gasteiger partial charge in [0.25, 0.3) is 0 Å². The normalized spacial score (nSPS) is 12.7. The minimum atomic E-state index is -0.487. The summed E-state index contributed by atoms with van der Waals surface area (Å²) in [6.45, 7) is 17.9. The Kier molecular flexibility index (Phi) is 12.0. The van der Waals surface area contributed by atoms with E-state index in [9.17, 15) is 10.2 Å². The maximum Gasteiger partial charge on any atom is 0.128 e. The SMILES string of the molecule is CC(C)(c1ccccc1)c1cc(C=NCc2ccccc2N=Cc2cc(C(C)(C)c3ccccc3)cc(C(C)(C)c3ccccc3)c2O)c(O)c(C(C)(C)c2ccccc2)c1. The monoisotopic (exact) mass is 802 g/mol. The Morgan fingerprint density at radius 3 is 1.15 bits per heavy atom. The first-order valence-electron chi connectivity index (χ1n) is 21.2. The zero-order chi connectivity index (χ0) is 43.4. The van der Waals surface area contributed by atoms with Crippen molar-refractivity contribution in [3.05, 3.63) is 231 Å². The molecule has 0 saturated carbocycles. The second-order valence-electron chi connectivity index (χ2n) is 18.2. The lowest BCUT2D eigenvalue weighted by molar-refractivity contribution is 0.450. The van der Waals surface area contributed by atoms with E-state index < -0.39 is 10.8 Å². The van der Waals surface area contributed by atoms with E-state index in [1.807, 2.05) is 72.8 Å². The summed E-state index contributed by atoms with van der Waals surface area (Å²) in [7, 11) is 0. The molecule has 7 rings (SSSR count). The first kappa shape index (κ1) is 42.6. The van der Waals surface area contributed by atoms with Crippen LogP contribution in [0.25, 0.3) is 0 Å². The summed E-state index contributed by atoms with van der Waals surface area (Å²) in [5, 5.41) is 24.1. The van der Waals surface area contributed by atoms with Crippen LogP contribution in [0.15, 0.2) is 180 Å². The van der Waals surface area contributed by atoms with Crippen LogP contribution in [0.3, 0.4) is 0 Å². The number of aliphatic imine (C=N–C) groups is 2. The van der Waals surface area contributed by atoms with Gasteiger partial charge in [0.05, 0.1) is 12.2 Å². The molecule has 0 unspecified atom stereocenters. The van der Waals surface area contributed by atoms with Crippen LogP contribution < -0.4 is 0 Å². The van der Waals surface area contributed by atoms with Crippen molar-refractivity contribution in [2.24, 2.45) is 9.98 Å². The molecule has 0 atom stereocenters. The van der Waals surface area contributed by atoms with Crippen LogP contribution in [0.2, 0.25) is 0 Å². The molecule has 7 aromatic carbocycles. The van der Waals surface area contributed by atoms with Crippen molar-refractivity contribution in [3.63, 3.8) is 0 Å². The Morgan fingerprint density at radius 1 is 0.393 bits per heavy atom. The topological polar surface area (TPSA) is 65.2 Å². The Hall–Kier alpha value is -6.52. The van der Waals surface area contributed by atoms with Gasteiger partial charge in [0.1, 0.15) is 11.5 Å². The molecule has 0 spiro atoms. The Morgan fingerprint density at radius 2 is 0.738 bits per heavy atom. The fraction of sp³-hybridized carbons (Fsp3) is 0.228. The van der Waals surface area contributed by atoms with E-state index in [1.54, 1.807) is 12.4 Å². The molecule has 0 amide bonds. The van der Waals surface area contributed by atoms with E-state index in [-0.39, 0.29) is 22.3 Å². The zero-order valence-corrected chi connectivity index (χ0v) is 36.8. The number of phenolic OH excluding ortho intramolecular Hbond substituents is 2. The highest BCUT2D eigenvalue weighted by Crippen LogP contribution is 2.44. The van der Waals surface area contributed by atoms with E-state index in [0.29, 0.717) is 17.7 Å². The predicted molar refractivity (Wildman–Crippen MR) is 255 cm³/mol. The Balaban J connectivity index is 1.26. The van der Waals surface area contributed by atoms with E-state index in [2.05, 4.69) is 152 Å². The molecule has 308 valence electrons. The molecule has 0 aromatic heterocycles. The van der Waals surface area contributed by atoms with Crippen LogP contribution in [0.5, 0.6) is 11.5 Å². The number of hydrogen-bond acceptors (Lipinski definition) is 4. The lowest BCUT2D eigenvalue weighted by atomic mass is 9.72. The van der Waals surface area contributed by atoms with Gasteiger partial charge in [-0.25, -0.2) is 0 Å². The number of nitrogens with zero attached hydrogens (tertiary/aromatic N) is 2. The minimum absolute atomic E-state index is 0.212. The van der Waals surface area contributed by atoms with Crippen LogP contribution in [-0.4, -0.2) is 22.6 Å². The zero-order valence-electron chi connectivity index (χ0n) is 36.8. The summed E-state index contributed by atoms with van der Waals surface area (Å²) in [6.07, 6.45) is 3.58. The van der Waals surface area contributed by atoms with Crippen molar-refractivity contribution < 1.29 is 10.2 Å². The van der Waals surface area contributed by atoms with Crippen LogP contribution in [0.1, 0.15) is 117 Å². The maximum absolute atomic E-state index is 12.1. The van der Waals surface area contributed by atoms with Crippen molar-refractivity contribution in [1.82, 2.24) is 0 Å². The van der Waals surface area contributed by atoms with Gasteiger partial charge in [-0.2, -0.15) is 0 Å². The largest absolute Gasteiger partial charge is 0.507 e. The van der Waals surface area contributed by atoms with Gasteiger partial charge in [-0.1, -0.05) is 207 Å². The molecular weight excluding hydrogens is 745 g/mol. The highest BCUT2D eigenvalue weighted by atomic mass is 16.3. The van der Waals surface area contributed by atoms with E-state index in [1.165, 1.54) is 11.1 Å². The summed E-state index contributed by atoms with van der Waals surface area (Å²) in [5.74, 6) is 0.434. The van der Waals surface area contributed by atoms with Gasteiger partial charge < -0.3 is 10.2 Å². The number of aromatic hydroxyl groups is 2. The molecule has 7 aromatic rings. The third kappa shape index (κ3) is 8.72. The van der Waals surface area contributed by atoms with Gasteiger partial charge >= 0.3 is 0 Å². The van der Waals surface area contributed by atoms with Gasteiger partial charge in [-0.3, -0.25) is 9.98 Å². The average Bonchev–Trinajstić information content (AvgIpc) is 3.28. The Bertz CT molecular complexity index is 2660. The van der Waals surface area contributed by atoms with Crippen LogP contribution in [-0.2, 0) is 28.2 Å². The lowest BCUT2D eigenvalue weighted by Crippen LogP contribution is -2.24. The third-order valence-corrected chi connectivity index (χ3v) is 12.9. The molecule has 0 saturated heterocycles. The fourth-order valence-corrected chi connectivity index (χ4v) is 8.40. The molecule has 0 aliphatic rings. The molecule has 4 heteroatoms. The first-order valence-corrected chi connectivity index (χ1v) is 21.2. The molecule has 0 aliphatic heterocycles. The van der Waals surface area contributed by atoms with Crippen molar-refractivity contribution in [3.8, 4) is 11.5 Å². The second kappa shape index (κ2) is 17.2. The van der Waals surface area contributed by atoms with Crippen LogP contribution >= 0.6 is 0 Å². The van der Waals surface area contributed by atoms with Gasteiger partial charge in [-0.15, -0.1) is 0 Å². The van der Waals surface area contributed by atoms with Crippen molar-refractivity contribution in [1.29, 1.82) is 0 Å². The quantitative estimate of drug-likeness (QED) is 0.114. The summed E-state index contributed by atoms with van der Waals surface area (Å²) in [5.41, 5.74) is 9.81. The smallest absolute Gasteiger partial charge is 0.128 e. The predicted octanol–water partition coefficient (Wildman–Crippen LogP) is 13.8. The summed E-state index contributed by atoms with van der Waals surface area (Å²) in [4.78, 5) is 9.97. The highest BCUT2D eigenvalue weighted by molar-refractivity contribution is 5.88. The second-order valence-corrected chi connectivity index (χ2v) is 18.2. The molecular formula is C57H58N2O2. The molecule has 4 nitrogen and oxygen atoms in total. The van der Waals surface area contributed by atoms with E-state index in [4.69, 9.17) is 9.98 Å². The van der Waals surface area contributed by atoms with Crippen LogP contribution in [0.4, 0.5) is 5.69 Å². The fourth-order valence-electron chi connectivity index (χ4n) is 8.40. The van der Waals surface area contributed by atoms with E-state index >= 15 is 0 Å². The minimum Gasteiger partial charge on any atom is -0.507 e. The van der Waals surface area contributed by atoms with Gasteiger partial charge in [-0.05, 0) is 57.1 Å². The number of hydrogen-bond donors (Lipinski definition) is 2. The van der Waals surface area contributed by atoms with Gasteiger partial charge in [0.15, 0.2) is 0 Å². The molecule has 0 bridgehead atoms. The highest BCUT2D eigenvalue weighted by Gasteiger charge is 2.33. The molecule has 2 N–H and O–H groups in total. The number of rotatable bonds is 13. The average molecular weight is 803 g/mol. The molecule has 0 heterocycles. The first-order chi connectivity index (χ1) is 29.1. The van der Waals surface area contributed by atoms with E-state index in [0.717, 1.165) is 44.6 Å². The standard InChI is InChI=1S/C57H58N2O2/c1-54(2,43-24-13-9-14-25-43)47-33-41(52(60)49(35-47)56(5,6)45-28-17-11-18-29-45)38-58-37-40-23-21-22-32-51(40)59-39-42-34-48(55(3,4)44-26-15-10-16-27-44)36-50(53(42)61)57(7,8)46-30-19-12-20-31-46/h9-36,38-39,60-61H,37H2,1-8H3. The molecule has 0 aliphatic carbocycles. The lowest BCUT2D eigenvalue weighted by Gasteiger charge is -2.32. The summed E-state index contributed by atoms with van der Waals surface area (Å²) < 4.78 is 0.